The van der Waals surface area contributed by atoms with Gasteiger partial charge in [0.1, 0.15) is 23.2 Å². The third kappa shape index (κ3) is 5.02. The van der Waals surface area contributed by atoms with Crippen molar-refractivity contribution in [2.24, 2.45) is 10.1 Å². The Hall–Kier alpha value is -3.79. The number of likely N-dealkylation sites (tertiary alicyclic amines) is 1. The molecular formula is C25H22FN5O3S. The van der Waals surface area contributed by atoms with Gasteiger partial charge in [0.05, 0.1) is 12.0 Å². The molecule has 178 valence electrons. The van der Waals surface area contributed by atoms with Crippen molar-refractivity contribution in [1.29, 1.82) is 5.41 Å². The minimum Gasteiger partial charge on any atom is -0.489 e. The maximum Gasteiger partial charge on any atom is 0.283 e. The van der Waals surface area contributed by atoms with Gasteiger partial charge in [-0.25, -0.2) is 4.39 Å². The first kappa shape index (κ1) is 23.0. The number of ether oxygens (including phenoxy) is 1. The Labute approximate surface area is 205 Å². The summed E-state index contributed by atoms with van der Waals surface area (Å²) in [5.41, 5.74) is 1.24. The molecule has 2 aromatic rings. The van der Waals surface area contributed by atoms with Crippen LogP contribution in [-0.4, -0.2) is 50.9 Å². The predicted octanol–water partition coefficient (Wildman–Crippen LogP) is 4.04. The van der Waals surface area contributed by atoms with Crippen molar-refractivity contribution in [2.75, 3.05) is 13.1 Å². The largest absolute Gasteiger partial charge is 0.489 e. The van der Waals surface area contributed by atoms with E-state index in [9.17, 15) is 14.0 Å². The first-order valence-corrected chi connectivity index (χ1v) is 12.0. The lowest BCUT2D eigenvalue weighted by Gasteiger charge is -2.20. The fraction of sp³-hybridized carbons (Fsp3) is 0.240. The van der Waals surface area contributed by atoms with Gasteiger partial charge in [-0.1, -0.05) is 30.3 Å². The number of hydrogen-bond acceptors (Lipinski definition) is 6. The zero-order valence-electron chi connectivity index (χ0n) is 18.7. The fourth-order valence-corrected chi connectivity index (χ4v) is 4.79. The van der Waals surface area contributed by atoms with E-state index in [0.717, 1.165) is 37.7 Å². The van der Waals surface area contributed by atoms with E-state index < -0.39 is 5.91 Å². The van der Waals surface area contributed by atoms with Gasteiger partial charge in [0.2, 0.25) is 11.1 Å². The number of hydrogen-bond donors (Lipinski definition) is 1. The summed E-state index contributed by atoms with van der Waals surface area (Å²) in [6.07, 6.45) is 3.72. The smallest absolute Gasteiger partial charge is 0.283 e. The van der Waals surface area contributed by atoms with Gasteiger partial charge < -0.3 is 9.64 Å². The first-order chi connectivity index (χ1) is 17.0. The van der Waals surface area contributed by atoms with Gasteiger partial charge in [0, 0.05) is 18.7 Å². The molecule has 10 heteroatoms. The van der Waals surface area contributed by atoms with Crippen LogP contribution in [0, 0.1) is 11.2 Å². The van der Waals surface area contributed by atoms with Crippen LogP contribution in [0.15, 0.2) is 64.2 Å². The Morgan fingerprint density at radius 2 is 1.89 bits per heavy atom. The summed E-state index contributed by atoms with van der Waals surface area (Å²) in [5, 5.41) is 15.0. The zero-order chi connectivity index (χ0) is 24.4. The molecule has 3 aliphatic rings. The van der Waals surface area contributed by atoms with Gasteiger partial charge in [-0.2, -0.15) is 15.1 Å². The van der Waals surface area contributed by atoms with Crippen LogP contribution in [0.5, 0.6) is 5.75 Å². The Morgan fingerprint density at radius 3 is 2.63 bits per heavy atom. The van der Waals surface area contributed by atoms with Crippen molar-refractivity contribution in [3.8, 4) is 5.75 Å². The van der Waals surface area contributed by atoms with E-state index in [1.165, 1.54) is 11.1 Å². The van der Waals surface area contributed by atoms with E-state index in [1.807, 2.05) is 4.90 Å². The van der Waals surface area contributed by atoms with Gasteiger partial charge in [-0.05, 0) is 54.4 Å². The molecule has 0 aromatic heterocycles. The minimum absolute atomic E-state index is 0.000121. The minimum atomic E-state index is -0.532. The molecule has 0 aliphatic carbocycles. The van der Waals surface area contributed by atoms with Crippen molar-refractivity contribution in [3.05, 3.63) is 71.0 Å². The molecule has 1 saturated heterocycles. The SMILES string of the molecule is N=C1C(=Cc2ccc(OCc3ccccc3F)cc2)C(=O)N=C2SC(CC(=O)N3CCCC3)=NN12. The Bertz CT molecular complexity index is 1280. The average molecular weight is 492 g/mol. The monoisotopic (exact) mass is 491 g/mol. The number of nitrogens with one attached hydrogen (secondary N) is 1. The van der Waals surface area contributed by atoms with Crippen molar-refractivity contribution in [1.82, 2.24) is 9.91 Å². The first-order valence-electron chi connectivity index (χ1n) is 11.2. The molecule has 1 N–H and O–H groups in total. The second-order valence-electron chi connectivity index (χ2n) is 8.23. The molecule has 0 spiro atoms. The molecule has 2 aromatic carbocycles. The molecule has 8 nitrogen and oxygen atoms in total. The van der Waals surface area contributed by atoms with E-state index in [0.29, 0.717) is 27.1 Å². The maximum atomic E-state index is 13.8. The number of fused-ring (bicyclic) bond motifs is 1. The van der Waals surface area contributed by atoms with Crippen LogP contribution in [-0.2, 0) is 16.2 Å². The van der Waals surface area contributed by atoms with Gasteiger partial charge in [0.25, 0.3) is 5.91 Å². The van der Waals surface area contributed by atoms with E-state index in [-0.39, 0.29) is 36.2 Å². The summed E-state index contributed by atoms with van der Waals surface area (Å²) < 4.78 is 19.4. The van der Waals surface area contributed by atoms with Crippen molar-refractivity contribution < 1.29 is 18.7 Å². The lowest BCUT2D eigenvalue weighted by molar-refractivity contribution is -0.128. The molecule has 0 saturated carbocycles. The second-order valence-corrected chi connectivity index (χ2v) is 9.27. The van der Waals surface area contributed by atoms with Gasteiger partial charge in [0.15, 0.2) is 5.84 Å². The van der Waals surface area contributed by atoms with Crippen molar-refractivity contribution in [3.63, 3.8) is 0 Å². The number of benzene rings is 2. The van der Waals surface area contributed by atoms with E-state index in [2.05, 4.69) is 10.1 Å². The number of hydrazone groups is 1. The summed E-state index contributed by atoms with van der Waals surface area (Å²) >= 11 is 1.15. The summed E-state index contributed by atoms with van der Waals surface area (Å²) in [6, 6.07) is 13.3. The van der Waals surface area contributed by atoms with Crippen LogP contribution in [0.2, 0.25) is 0 Å². The quantitative estimate of drug-likeness (QED) is 0.615. The Balaban J connectivity index is 1.26. The molecule has 0 radical (unpaired) electrons. The molecule has 0 unspecified atom stereocenters. The number of carbonyl (C=O) groups excluding carboxylic acids is 2. The highest BCUT2D eigenvalue weighted by molar-refractivity contribution is 8.27. The molecule has 0 atom stereocenters. The van der Waals surface area contributed by atoms with Crippen LogP contribution in [0.25, 0.3) is 6.08 Å². The Kier molecular flexibility index (Phi) is 6.45. The highest BCUT2D eigenvalue weighted by atomic mass is 32.2. The molecule has 3 heterocycles. The van der Waals surface area contributed by atoms with E-state index in [4.69, 9.17) is 10.1 Å². The summed E-state index contributed by atoms with van der Waals surface area (Å²) in [4.78, 5) is 31.0. The lowest BCUT2D eigenvalue weighted by Crippen LogP contribution is -2.35. The van der Waals surface area contributed by atoms with Crippen LogP contribution in [0.3, 0.4) is 0 Å². The second kappa shape index (κ2) is 9.83. The normalized spacial score (nSPS) is 18.6. The van der Waals surface area contributed by atoms with Crippen LogP contribution >= 0.6 is 11.8 Å². The van der Waals surface area contributed by atoms with Crippen LogP contribution in [0.4, 0.5) is 4.39 Å². The molecule has 2 amide bonds. The number of amides is 2. The Morgan fingerprint density at radius 1 is 1.14 bits per heavy atom. The topological polar surface area (TPSA) is 98.4 Å². The lowest BCUT2D eigenvalue weighted by atomic mass is 10.1. The van der Waals surface area contributed by atoms with E-state index >= 15 is 0 Å². The maximum absolute atomic E-state index is 13.8. The van der Waals surface area contributed by atoms with Crippen LogP contribution in [0.1, 0.15) is 30.4 Å². The molecule has 3 aliphatic heterocycles. The number of nitrogens with zero attached hydrogens (tertiary/aromatic N) is 4. The van der Waals surface area contributed by atoms with Crippen LogP contribution < -0.4 is 4.74 Å². The molecule has 5 rings (SSSR count). The summed E-state index contributed by atoms with van der Waals surface area (Å²) in [5.74, 6) is -0.393. The number of rotatable bonds is 6. The van der Waals surface area contributed by atoms with Gasteiger partial charge in [-0.3, -0.25) is 15.0 Å². The number of thioether (sulfide) groups is 1. The summed E-state index contributed by atoms with van der Waals surface area (Å²) in [6.45, 7) is 1.62. The molecular weight excluding hydrogens is 469 g/mol. The zero-order valence-corrected chi connectivity index (χ0v) is 19.6. The third-order valence-corrected chi connectivity index (χ3v) is 6.71. The standard InChI is InChI=1S/C25H22FN5O3S/c26-20-6-2-1-5-17(20)15-34-18-9-7-16(8-10-18)13-19-23(27)31-25(28-24(19)33)35-21(29-31)14-22(32)30-11-3-4-12-30/h1-2,5-10,13,27H,3-4,11-12,14-15H2. The van der Waals surface area contributed by atoms with Crippen molar-refractivity contribution >= 4 is 45.7 Å². The highest BCUT2D eigenvalue weighted by Gasteiger charge is 2.36. The highest BCUT2D eigenvalue weighted by Crippen LogP contribution is 2.30. The molecule has 35 heavy (non-hydrogen) atoms. The van der Waals surface area contributed by atoms with Gasteiger partial charge >= 0.3 is 0 Å². The number of halogens is 1. The molecule has 0 bridgehead atoms. The average Bonchev–Trinajstić information content (AvgIpc) is 3.52. The third-order valence-electron chi connectivity index (χ3n) is 5.80. The van der Waals surface area contributed by atoms with Crippen molar-refractivity contribution in [2.45, 2.75) is 25.9 Å². The van der Waals surface area contributed by atoms with Gasteiger partial charge in [-0.15, -0.1) is 0 Å². The number of aliphatic imine (C=N–C) groups is 1. The fourth-order valence-electron chi connectivity index (χ4n) is 3.91. The number of carbonyl (C=O) groups is 2. The van der Waals surface area contributed by atoms with E-state index in [1.54, 1.807) is 48.5 Å². The number of amidine groups is 2. The summed E-state index contributed by atoms with van der Waals surface area (Å²) in [7, 11) is 0. The predicted molar refractivity (Wildman–Crippen MR) is 133 cm³/mol. The molecule has 1 fully saturated rings.